The fourth-order valence-electron chi connectivity index (χ4n) is 4.16. The molecule has 0 spiro atoms. The molecule has 0 bridgehead atoms. The number of aromatic nitrogens is 5. The lowest BCUT2D eigenvalue weighted by molar-refractivity contribution is -0.141. The third-order valence-electron chi connectivity index (χ3n) is 6.24. The summed E-state index contributed by atoms with van der Waals surface area (Å²) in [5.74, 6) is -0.145. The molecule has 0 aliphatic heterocycles. The number of rotatable bonds is 13. The summed E-state index contributed by atoms with van der Waals surface area (Å²) < 4.78 is 60.7. The number of nitrogens with zero attached hydrogens (tertiary/aromatic N) is 5. The molecule has 14 heteroatoms. The summed E-state index contributed by atoms with van der Waals surface area (Å²) in [4.78, 5) is 21.0. The van der Waals surface area contributed by atoms with E-state index in [0.29, 0.717) is 23.3 Å². The molecule has 42 heavy (non-hydrogen) atoms. The normalized spacial score (nSPS) is 12.2. The van der Waals surface area contributed by atoms with Crippen molar-refractivity contribution in [3.8, 4) is 22.9 Å². The van der Waals surface area contributed by atoms with E-state index in [2.05, 4.69) is 15.1 Å². The van der Waals surface area contributed by atoms with Crippen LogP contribution in [0.5, 0.6) is 11.6 Å². The topological polar surface area (TPSA) is 133 Å². The number of carbonyl (C=O) groups is 1. The molecular weight excluding hydrogens is 559 g/mol. The van der Waals surface area contributed by atoms with E-state index in [4.69, 9.17) is 19.3 Å². The zero-order valence-electron chi connectivity index (χ0n) is 23.4. The molecule has 0 amide bonds. The second-order valence-electron chi connectivity index (χ2n) is 10.0. The van der Waals surface area contributed by atoms with Crippen LogP contribution < -0.4 is 4.74 Å². The number of carbonyl (C=O) groups excluding carboxylic acids is 1. The Hall–Kier alpha value is -4.01. The Labute approximate surface area is 239 Å². The number of halogens is 3. The summed E-state index contributed by atoms with van der Waals surface area (Å²) in [6.07, 6.45) is 1.39. The van der Waals surface area contributed by atoms with Crippen LogP contribution in [-0.4, -0.2) is 72.4 Å². The van der Waals surface area contributed by atoms with Gasteiger partial charge in [-0.1, -0.05) is 6.92 Å². The number of benzene rings is 1. The lowest BCUT2D eigenvalue weighted by Gasteiger charge is -2.16. The number of fused-ring (bicyclic) bond motifs is 1. The van der Waals surface area contributed by atoms with E-state index < -0.39 is 23.4 Å². The van der Waals surface area contributed by atoms with E-state index in [1.807, 2.05) is 6.92 Å². The van der Waals surface area contributed by atoms with Gasteiger partial charge in [-0.2, -0.15) is 18.3 Å². The first kappa shape index (κ1) is 30.9. The minimum absolute atomic E-state index is 0.0305. The summed E-state index contributed by atoms with van der Waals surface area (Å²) in [6, 6.07) is 4.77. The van der Waals surface area contributed by atoms with Gasteiger partial charge in [0, 0.05) is 25.1 Å². The van der Waals surface area contributed by atoms with Crippen LogP contribution in [0.1, 0.15) is 48.8 Å². The van der Waals surface area contributed by atoms with Crippen molar-refractivity contribution < 1.29 is 42.4 Å². The van der Waals surface area contributed by atoms with Crippen LogP contribution in [0.25, 0.3) is 16.9 Å². The second kappa shape index (κ2) is 12.9. The van der Waals surface area contributed by atoms with Crippen LogP contribution in [-0.2, 0) is 28.6 Å². The minimum Gasteiger partial charge on any atom is -0.460 e. The number of ether oxygens (including phenoxy) is 3. The van der Waals surface area contributed by atoms with Gasteiger partial charge in [0.05, 0.1) is 48.4 Å². The van der Waals surface area contributed by atoms with Gasteiger partial charge in [0.2, 0.25) is 5.65 Å². The zero-order valence-corrected chi connectivity index (χ0v) is 23.4. The first-order valence-electron chi connectivity index (χ1n) is 13.3. The molecule has 4 rings (SSSR count). The van der Waals surface area contributed by atoms with Gasteiger partial charge in [0.15, 0.2) is 5.69 Å². The van der Waals surface area contributed by atoms with Crippen molar-refractivity contribution in [3.63, 3.8) is 0 Å². The van der Waals surface area contributed by atoms with E-state index in [1.54, 1.807) is 32.0 Å². The van der Waals surface area contributed by atoms with Crippen molar-refractivity contribution in [1.82, 2.24) is 24.1 Å². The predicted molar refractivity (Wildman–Crippen MR) is 144 cm³/mol. The summed E-state index contributed by atoms with van der Waals surface area (Å²) in [5.41, 5.74) is -1.02. The quantitative estimate of drug-likeness (QED) is 0.173. The molecule has 0 fully saturated rings. The molecule has 0 saturated carbocycles. The third-order valence-corrected chi connectivity index (χ3v) is 6.24. The van der Waals surface area contributed by atoms with Crippen LogP contribution in [0.3, 0.4) is 0 Å². The van der Waals surface area contributed by atoms with Crippen LogP contribution in [0.15, 0.2) is 43.0 Å². The lowest BCUT2D eigenvalue weighted by atomic mass is 10.1. The monoisotopic (exact) mass is 591 g/mol. The van der Waals surface area contributed by atoms with Crippen molar-refractivity contribution in [2.75, 3.05) is 26.4 Å². The number of imidazole rings is 1. The molecule has 3 aromatic heterocycles. The van der Waals surface area contributed by atoms with Crippen molar-refractivity contribution in [2.45, 2.75) is 51.9 Å². The Morgan fingerprint density at radius 1 is 1.12 bits per heavy atom. The Morgan fingerprint density at radius 2 is 1.90 bits per heavy atom. The highest BCUT2D eigenvalue weighted by Crippen LogP contribution is 2.37. The summed E-state index contributed by atoms with van der Waals surface area (Å²) >= 11 is 0. The van der Waals surface area contributed by atoms with Crippen LogP contribution in [0.2, 0.25) is 0 Å². The number of aliphatic hydroxyl groups excluding tert-OH is 1. The Kier molecular flexibility index (Phi) is 9.49. The van der Waals surface area contributed by atoms with Gasteiger partial charge in [0.25, 0.3) is 5.88 Å². The molecule has 0 radical (unpaired) electrons. The van der Waals surface area contributed by atoms with Crippen molar-refractivity contribution >= 4 is 11.6 Å². The summed E-state index contributed by atoms with van der Waals surface area (Å²) in [5, 5.41) is 22.5. The fraction of sp³-hybridized carbons (Fsp3) is 0.429. The first-order chi connectivity index (χ1) is 19.9. The first-order valence-corrected chi connectivity index (χ1v) is 13.3. The molecule has 0 aliphatic rings. The molecule has 3 heterocycles. The van der Waals surface area contributed by atoms with Gasteiger partial charge in [-0.05, 0) is 50.5 Å². The van der Waals surface area contributed by atoms with E-state index in [0.717, 1.165) is 4.68 Å². The van der Waals surface area contributed by atoms with Crippen LogP contribution in [0.4, 0.5) is 13.2 Å². The molecule has 4 aromatic rings. The molecule has 0 saturated heterocycles. The number of hydrogen-bond acceptors (Lipinski definition) is 9. The highest BCUT2D eigenvalue weighted by molar-refractivity contribution is 5.91. The zero-order chi connectivity index (χ0) is 30.5. The summed E-state index contributed by atoms with van der Waals surface area (Å²) in [7, 11) is 0. The van der Waals surface area contributed by atoms with Gasteiger partial charge in [0.1, 0.15) is 12.4 Å². The van der Waals surface area contributed by atoms with E-state index in [-0.39, 0.29) is 62.2 Å². The number of hydrogen-bond donors (Lipinski definition) is 2. The molecule has 2 N–H and O–H groups in total. The highest BCUT2D eigenvalue weighted by atomic mass is 19.4. The second-order valence-corrected chi connectivity index (χ2v) is 10.0. The maximum Gasteiger partial charge on any atom is 0.435 e. The van der Waals surface area contributed by atoms with Crippen molar-refractivity contribution in [2.24, 2.45) is 0 Å². The largest absolute Gasteiger partial charge is 0.460 e. The standard InChI is InChI=1S/C28H32F3N5O6/c1-4-18-15-19(5-6-20(18)26(38)41-14-13-40-12-11-37)42-25-24-33-16-22(36(24)10-8-32-25)21-17-35(9-7-27(2,3)39)34-23(21)28(29,30)31/h5-6,8,10,15-17,37,39H,4,7,9,11-14H2,1-3H3. The average Bonchev–Trinajstić information content (AvgIpc) is 3.56. The number of aryl methyl sites for hydroxylation is 2. The van der Waals surface area contributed by atoms with Gasteiger partial charge >= 0.3 is 12.1 Å². The van der Waals surface area contributed by atoms with E-state index in [9.17, 15) is 23.1 Å². The van der Waals surface area contributed by atoms with Gasteiger partial charge in [-0.15, -0.1) is 0 Å². The SMILES string of the molecule is CCc1cc(Oc2nccn3c(-c4cn(CCC(C)(C)O)nc4C(F)(F)F)cnc23)ccc1C(=O)OCCOCCO. The average molecular weight is 592 g/mol. The minimum atomic E-state index is -4.72. The molecule has 0 unspecified atom stereocenters. The third kappa shape index (κ3) is 7.43. The number of alkyl halides is 3. The van der Waals surface area contributed by atoms with Crippen molar-refractivity contribution in [1.29, 1.82) is 0 Å². The molecule has 0 atom stereocenters. The Morgan fingerprint density at radius 3 is 2.60 bits per heavy atom. The maximum atomic E-state index is 13.9. The Balaban J connectivity index is 1.59. The predicted octanol–water partition coefficient (Wildman–Crippen LogP) is 4.29. The van der Waals surface area contributed by atoms with E-state index >= 15 is 0 Å². The molecular formula is C28H32F3N5O6. The smallest absolute Gasteiger partial charge is 0.435 e. The highest BCUT2D eigenvalue weighted by Gasteiger charge is 2.38. The number of aliphatic hydroxyl groups is 2. The molecule has 11 nitrogen and oxygen atoms in total. The lowest BCUT2D eigenvalue weighted by Crippen LogP contribution is -2.21. The van der Waals surface area contributed by atoms with Gasteiger partial charge in [-0.3, -0.25) is 9.08 Å². The Bertz CT molecular complexity index is 1530. The van der Waals surface area contributed by atoms with Crippen LogP contribution >= 0.6 is 0 Å². The molecule has 226 valence electrons. The molecule has 1 aromatic carbocycles. The fourth-order valence-corrected chi connectivity index (χ4v) is 4.16. The van der Waals surface area contributed by atoms with Crippen molar-refractivity contribution in [3.05, 3.63) is 59.8 Å². The van der Waals surface area contributed by atoms with Crippen LogP contribution in [0, 0.1) is 0 Å². The van der Waals surface area contributed by atoms with Gasteiger partial charge in [-0.25, -0.2) is 14.8 Å². The van der Waals surface area contributed by atoms with E-state index in [1.165, 1.54) is 29.2 Å². The molecule has 0 aliphatic carbocycles. The summed E-state index contributed by atoms with van der Waals surface area (Å²) in [6.45, 7) is 5.30. The maximum absolute atomic E-state index is 13.9. The van der Waals surface area contributed by atoms with Gasteiger partial charge < -0.3 is 24.4 Å². The number of esters is 1.